The molecule has 2 aromatic rings. The Kier molecular flexibility index (Phi) is 4.29. The summed E-state index contributed by atoms with van der Waals surface area (Å²) in [6, 6.07) is 5.81. The number of hydrogen-bond donors (Lipinski definition) is 3. The number of aliphatic carboxylic acids is 1. The Morgan fingerprint density at radius 3 is 2.78 bits per heavy atom. The second-order valence-electron chi connectivity index (χ2n) is 5.27. The largest absolute Gasteiger partial charge is 0.480 e. The van der Waals surface area contributed by atoms with Crippen LogP contribution < -0.4 is 10.6 Å². The number of nitrogens with zero attached hydrogens (tertiary/aromatic N) is 2. The summed E-state index contributed by atoms with van der Waals surface area (Å²) < 4.78 is 13.1. The zero-order chi connectivity index (χ0) is 16.4. The topological polar surface area (TPSA) is 87.1 Å². The summed E-state index contributed by atoms with van der Waals surface area (Å²) >= 11 is 6.00. The van der Waals surface area contributed by atoms with Crippen LogP contribution in [0.1, 0.15) is 24.5 Å². The van der Waals surface area contributed by atoms with Crippen molar-refractivity contribution in [3.8, 4) is 0 Å². The molecule has 0 spiro atoms. The molecule has 120 valence electrons. The van der Waals surface area contributed by atoms with E-state index < -0.39 is 11.8 Å². The van der Waals surface area contributed by atoms with Gasteiger partial charge in [-0.3, -0.25) is 4.79 Å². The van der Waals surface area contributed by atoms with Crippen LogP contribution in [0.3, 0.4) is 0 Å². The van der Waals surface area contributed by atoms with E-state index in [-0.39, 0.29) is 17.5 Å². The second-order valence-corrected chi connectivity index (χ2v) is 5.68. The van der Waals surface area contributed by atoms with E-state index in [1.807, 2.05) is 0 Å². The number of rotatable bonds is 6. The second kappa shape index (κ2) is 6.37. The third kappa shape index (κ3) is 4.07. The van der Waals surface area contributed by atoms with Gasteiger partial charge >= 0.3 is 5.97 Å². The van der Waals surface area contributed by atoms with Crippen molar-refractivity contribution in [2.75, 3.05) is 17.2 Å². The van der Waals surface area contributed by atoms with E-state index in [4.69, 9.17) is 16.7 Å². The van der Waals surface area contributed by atoms with Gasteiger partial charge in [-0.05, 0) is 31.0 Å². The Morgan fingerprint density at radius 1 is 1.35 bits per heavy atom. The SMILES string of the molecule is O=C(O)CNc1nc(Nc2ccc(F)cc2Cl)cc(C2CC2)n1. The number of nitrogens with one attached hydrogen (secondary N) is 2. The smallest absolute Gasteiger partial charge is 0.322 e. The van der Waals surface area contributed by atoms with E-state index in [9.17, 15) is 9.18 Å². The maximum Gasteiger partial charge on any atom is 0.322 e. The van der Waals surface area contributed by atoms with Crippen molar-refractivity contribution >= 4 is 35.0 Å². The Balaban J connectivity index is 1.86. The highest BCUT2D eigenvalue weighted by atomic mass is 35.5. The van der Waals surface area contributed by atoms with Crippen molar-refractivity contribution < 1.29 is 14.3 Å². The first kappa shape index (κ1) is 15.5. The molecule has 3 N–H and O–H groups in total. The number of carboxylic acids is 1. The molecule has 8 heteroatoms. The third-order valence-electron chi connectivity index (χ3n) is 3.33. The van der Waals surface area contributed by atoms with E-state index in [1.165, 1.54) is 18.2 Å². The van der Waals surface area contributed by atoms with Crippen LogP contribution in [0.25, 0.3) is 0 Å². The molecule has 0 unspecified atom stereocenters. The summed E-state index contributed by atoms with van der Waals surface area (Å²) in [6.45, 7) is -0.273. The standard InChI is InChI=1S/C15H14ClFN4O2/c16-10-5-9(17)3-4-11(10)19-13-6-12(8-1-2-8)20-15(21-13)18-7-14(22)23/h3-6,8H,1-2,7H2,(H,22,23)(H2,18,19,20,21). The van der Waals surface area contributed by atoms with Crippen LogP contribution in [0.5, 0.6) is 0 Å². The fourth-order valence-corrected chi connectivity index (χ4v) is 2.30. The molecule has 0 saturated heterocycles. The average molecular weight is 337 g/mol. The first-order valence-corrected chi connectivity index (χ1v) is 7.46. The van der Waals surface area contributed by atoms with Crippen LogP contribution >= 0.6 is 11.6 Å². The van der Waals surface area contributed by atoms with E-state index in [2.05, 4.69) is 20.6 Å². The van der Waals surface area contributed by atoms with Crippen LogP contribution in [-0.4, -0.2) is 27.6 Å². The van der Waals surface area contributed by atoms with E-state index in [0.717, 1.165) is 18.5 Å². The minimum atomic E-state index is -0.999. The zero-order valence-electron chi connectivity index (χ0n) is 12.0. The molecule has 0 radical (unpaired) electrons. The monoisotopic (exact) mass is 336 g/mol. The van der Waals surface area contributed by atoms with Crippen molar-refractivity contribution in [2.24, 2.45) is 0 Å². The predicted molar refractivity (Wildman–Crippen MR) is 84.8 cm³/mol. The lowest BCUT2D eigenvalue weighted by Crippen LogP contribution is -2.15. The number of hydrogen-bond acceptors (Lipinski definition) is 5. The highest BCUT2D eigenvalue weighted by Gasteiger charge is 2.26. The Morgan fingerprint density at radius 2 is 2.13 bits per heavy atom. The number of carbonyl (C=O) groups is 1. The molecule has 1 aliphatic rings. The predicted octanol–water partition coefficient (Wildman–Crippen LogP) is 3.39. The maximum absolute atomic E-state index is 13.1. The van der Waals surface area contributed by atoms with E-state index in [1.54, 1.807) is 6.07 Å². The Hall–Kier alpha value is -2.41. The van der Waals surface area contributed by atoms with Gasteiger partial charge in [-0.2, -0.15) is 4.98 Å². The minimum Gasteiger partial charge on any atom is -0.480 e. The van der Waals surface area contributed by atoms with Gasteiger partial charge in [-0.15, -0.1) is 0 Å². The van der Waals surface area contributed by atoms with Crippen LogP contribution in [0.4, 0.5) is 21.8 Å². The van der Waals surface area contributed by atoms with Crippen molar-refractivity contribution in [1.82, 2.24) is 9.97 Å². The number of carboxylic acid groups (broad SMARTS) is 1. The minimum absolute atomic E-state index is 0.233. The number of halogens is 2. The van der Waals surface area contributed by atoms with Crippen LogP contribution in [-0.2, 0) is 4.79 Å². The molecule has 1 aromatic carbocycles. The molecular formula is C15H14ClFN4O2. The number of aromatic nitrogens is 2. The van der Waals surface area contributed by atoms with Gasteiger partial charge in [0.2, 0.25) is 5.95 Å². The van der Waals surface area contributed by atoms with Crippen molar-refractivity contribution in [1.29, 1.82) is 0 Å². The van der Waals surface area contributed by atoms with Gasteiger partial charge in [0.1, 0.15) is 18.2 Å². The lowest BCUT2D eigenvalue weighted by atomic mass is 10.2. The lowest BCUT2D eigenvalue weighted by Gasteiger charge is -2.11. The molecule has 1 heterocycles. The summed E-state index contributed by atoms with van der Waals surface area (Å²) in [7, 11) is 0. The molecule has 6 nitrogen and oxygen atoms in total. The first-order chi connectivity index (χ1) is 11.0. The third-order valence-corrected chi connectivity index (χ3v) is 3.65. The molecule has 0 atom stereocenters. The number of anilines is 3. The maximum atomic E-state index is 13.1. The quantitative estimate of drug-likeness (QED) is 0.749. The molecule has 1 aliphatic carbocycles. The van der Waals surface area contributed by atoms with E-state index in [0.29, 0.717) is 17.4 Å². The van der Waals surface area contributed by atoms with Gasteiger partial charge in [-0.25, -0.2) is 9.37 Å². The van der Waals surface area contributed by atoms with Crippen molar-refractivity contribution in [3.63, 3.8) is 0 Å². The fourth-order valence-electron chi connectivity index (χ4n) is 2.08. The van der Waals surface area contributed by atoms with Gasteiger partial charge < -0.3 is 15.7 Å². The summed E-state index contributed by atoms with van der Waals surface area (Å²) in [5.41, 5.74) is 1.35. The van der Waals surface area contributed by atoms with Crippen LogP contribution in [0.15, 0.2) is 24.3 Å². The Labute approximate surface area is 136 Å². The highest BCUT2D eigenvalue weighted by molar-refractivity contribution is 6.33. The molecule has 1 fully saturated rings. The average Bonchev–Trinajstić information content (AvgIpc) is 3.33. The van der Waals surface area contributed by atoms with Gasteiger partial charge in [0, 0.05) is 12.0 Å². The van der Waals surface area contributed by atoms with Crippen molar-refractivity contribution in [3.05, 3.63) is 40.8 Å². The molecular weight excluding hydrogens is 323 g/mol. The normalized spacial score (nSPS) is 13.7. The molecule has 0 amide bonds. The molecule has 1 saturated carbocycles. The number of benzene rings is 1. The molecule has 3 rings (SSSR count). The fraction of sp³-hybridized carbons (Fsp3) is 0.267. The lowest BCUT2D eigenvalue weighted by molar-refractivity contribution is -0.134. The first-order valence-electron chi connectivity index (χ1n) is 7.08. The van der Waals surface area contributed by atoms with Gasteiger partial charge in [-0.1, -0.05) is 11.6 Å². The zero-order valence-corrected chi connectivity index (χ0v) is 12.8. The highest BCUT2D eigenvalue weighted by Crippen LogP contribution is 2.40. The molecule has 23 heavy (non-hydrogen) atoms. The van der Waals surface area contributed by atoms with E-state index >= 15 is 0 Å². The van der Waals surface area contributed by atoms with Crippen molar-refractivity contribution in [2.45, 2.75) is 18.8 Å². The molecule has 1 aromatic heterocycles. The van der Waals surface area contributed by atoms with Crippen LogP contribution in [0, 0.1) is 5.82 Å². The summed E-state index contributed by atoms with van der Waals surface area (Å²) in [6.07, 6.45) is 2.10. The van der Waals surface area contributed by atoms with Gasteiger partial charge in [0.15, 0.2) is 0 Å². The van der Waals surface area contributed by atoms with Gasteiger partial charge in [0.05, 0.1) is 16.4 Å². The Bertz CT molecular complexity index is 752. The summed E-state index contributed by atoms with van der Waals surface area (Å²) in [5, 5.41) is 14.7. The molecule has 0 aliphatic heterocycles. The molecule has 0 bridgehead atoms. The summed E-state index contributed by atoms with van der Waals surface area (Å²) in [5.74, 6) is -0.347. The summed E-state index contributed by atoms with van der Waals surface area (Å²) in [4.78, 5) is 19.2. The van der Waals surface area contributed by atoms with Crippen LogP contribution in [0.2, 0.25) is 5.02 Å². The van der Waals surface area contributed by atoms with Gasteiger partial charge in [0.25, 0.3) is 0 Å².